The van der Waals surface area contributed by atoms with Gasteiger partial charge in [0.25, 0.3) is 0 Å². The molecule has 0 spiro atoms. The number of unbranched alkanes of at least 4 members (excludes halogenated alkanes) is 3. The molecule has 0 saturated heterocycles. The topological polar surface area (TPSA) is 108 Å². The van der Waals surface area contributed by atoms with Gasteiger partial charge in [-0.05, 0) is 57.2 Å². The van der Waals surface area contributed by atoms with Crippen molar-refractivity contribution >= 4 is 24.0 Å². The molecule has 0 heterocycles. The molecule has 8 heteroatoms. The Morgan fingerprint density at radius 3 is 2.47 bits per heavy atom. The van der Waals surface area contributed by atoms with Crippen LogP contribution in [0.2, 0.25) is 0 Å². The Morgan fingerprint density at radius 1 is 1.16 bits per heavy atom. The number of rotatable bonds is 13. The maximum Gasteiger partial charge on any atom is 0.408 e. The molecule has 1 fully saturated rings. The van der Waals surface area contributed by atoms with Crippen molar-refractivity contribution in [1.82, 2.24) is 15.5 Å². The van der Waals surface area contributed by atoms with E-state index in [9.17, 15) is 19.5 Å². The Hall–Kier alpha value is -2.87. The van der Waals surface area contributed by atoms with E-state index < -0.39 is 36.3 Å². The van der Waals surface area contributed by atoms with Crippen LogP contribution in [0.1, 0.15) is 103 Å². The van der Waals surface area contributed by atoms with Crippen molar-refractivity contribution in [3.8, 4) is 0 Å². The van der Waals surface area contributed by atoms with Crippen LogP contribution in [0.15, 0.2) is 30.8 Å². The minimum atomic E-state index is -1.25. The molecule has 3 amide bonds. The number of aliphatic hydroxyl groups excluding tert-OH is 1. The molecule has 0 aliphatic heterocycles. The predicted octanol–water partition coefficient (Wildman–Crippen LogP) is 5.11. The van der Waals surface area contributed by atoms with Gasteiger partial charge >= 0.3 is 6.09 Å². The van der Waals surface area contributed by atoms with E-state index in [2.05, 4.69) is 24.1 Å². The monoisotopic (exact) mass is 529 g/mol. The van der Waals surface area contributed by atoms with Crippen LogP contribution in [0.4, 0.5) is 4.79 Å². The minimum Gasteiger partial charge on any atom is -0.444 e. The largest absolute Gasteiger partial charge is 0.444 e. The van der Waals surface area contributed by atoms with Gasteiger partial charge < -0.3 is 25.4 Å². The number of nitrogens with zero attached hydrogens (tertiary/aromatic N) is 1. The fourth-order valence-corrected chi connectivity index (χ4v) is 4.77. The van der Waals surface area contributed by atoms with Gasteiger partial charge in [0.05, 0.1) is 6.61 Å². The number of aliphatic hydroxyl groups is 1. The molecule has 1 aromatic carbocycles. The first-order chi connectivity index (χ1) is 18.1. The number of ether oxygens (including phenoxy) is 1. The zero-order chi connectivity index (χ0) is 28.1. The number of alkyl carbamates (subject to hydrolysis) is 1. The molecule has 1 aliphatic rings. The average Bonchev–Trinajstić information content (AvgIpc) is 2.88. The van der Waals surface area contributed by atoms with Gasteiger partial charge in [0.2, 0.25) is 11.8 Å². The van der Waals surface area contributed by atoms with E-state index in [1.807, 2.05) is 24.3 Å². The second-order valence-corrected chi connectivity index (χ2v) is 11.1. The lowest BCUT2D eigenvalue weighted by Gasteiger charge is -2.35. The minimum absolute atomic E-state index is 0.0620. The number of hydrogen-bond acceptors (Lipinski definition) is 5. The summed E-state index contributed by atoms with van der Waals surface area (Å²) in [5.41, 5.74) is 0.732. The summed E-state index contributed by atoms with van der Waals surface area (Å²) in [5, 5.41) is 15.8. The van der Waals surface area contributed by atoms with Crippen molar-refractivity contribution in [2.45, 2.75) is 109 Å². The molecule has 0 bridgehead atoms. The van der Waals surface area contributed by atoms with Crippen LogP contribution in [0.3, 0.4) is 0 Å². The van der Waals surface area contributed by atoms with Crippen molar-refractivity contribution in [3.63, 3.8) is 0 Å². The molecule has 8 nitrogen and oxygen atoms in total. The molecule has 2 atom stereocenters. The van der Waals surface area contributed by atoms with Gasteiger partial charge in [0, 0.05) is 12.6 Å². The van der Waals surface area contributed by atoms with E-state index in [1.54, 1.807) is 26.8 Å². The first-order valence-corrected chi connectivity index (χ1v) is 14.0. The van der Waals surface area contributed by atoms with Gasteiger partial charge in [-0.25, -0.2) is 4.79 Å². The third kappa shape index (κ3) is 10.1. The highest BCUT2D eigenvalue weighted by Crippen LogP contribution is 2.26. The van der Waals surface area contributed by atoms with Crippen molar-refractivity contribution in [2.75, 3.05) is 13.2 Å². The number of carbonyl (C=O) groups excluding carboxylic acids is 3. The first-order valence-electron chi connectivity index (χ1n) is 14.0. The average molecular weight is 530 g/mol. The normalized spacial score (nSPS) is 15.7. The summed E-state index contributed by atoms with van der Waals surface area (Å²) in [6.45, 7) is 10.8. The number of nitrogens with one attached hydrogen (secondary N) is 2. The Bertz CT molecular complexity index is 921. The highest BCUT2D eigenvalue weighted by molar-refractivity contribution is 5.92. The van der Waals surface area contributed by atoms with Gasteiger partial charge in [0.15, 0.2) is 0 Å². The molecule has 1 aliphatic carbocycles. The number of benzene rings is 1. The van der Waals surface area contributed by atoms with Crippen molar-refractivity contribution < 1.29 is 24.2 Å². The zero-order valence-corrected chi connectivity index (χ0v) is 23.6. The first kappa shape index (κ1) is 31.3. The van der Waals surface area contributed by atoms with E-state index >= 15 is 0 Å². The third-order valence-corrected chi connectivity index (χ3v) is 6.68. The lowest BCUT2D eigenvalue weighted by atomic mass is 9.94. The van der Waals surface area contributed by atoms with Gasteiger partial charge in [-0.2, -0.15) is 0 Å². The van der Waals surface area contributed by atoms with Crippen molar-refractivity contribution in [3.05, 3.63) is 42.0 Å². The standard InChI is InChI=1S/C30H47N3O5/c1-6-8-9-13-19-33(28(36)25(21-34)32-29(37)38-30(3,4)5)26(23-16-14-15-22(7-2)20-23)27(35)31-24-17-11-10-12-18-24/h7,14-16,20,24-26,34H,2,6,8-13,17-19,21H2,1,3-5H3,(H,31,35)(H,32,37). The molecule has 0 radical (unpaired) electrons. The molecule has 2 rings (SSSR count). The Morgan fingerprint density at radius 2 is 1.87 bits per heavy atom. The summed E-state index contributed by atoms with van der Waals surface area (Å²) >= 11 is 0. The van der Waals surface area contributed by atoms with E-state index in [4.69, 9.17) is 4.74 Å². The third-order valence-electron chi connectivity index (χ3n) is 6.68. The molecular weight excluding hydrogens is 482 g/mol. The van der Waals surface area contributed by atoms with Crippen LogP contribution in [0, 0.1) is 0 Å². The Labute approximate surface area is 228 Å². The summed E-state index contributed by atoms with van der Waals surface area (Å²) in [6.07, 6.45) is 9.64. The quantitative estimate of drug-likeness (QED) is 0.308. The summed E-state index contributed by atoms with van der Waals surface area (Å²) in [4.78, 5) is 41.7. The molecule has 2 unspecified atom stereocenters. The fourth-order valence-electron chi connectivity index (χ4n) is 4.77. The van der Waals surface area contributed by atoms with Crippen LogP contribution in [-0.4, -0.2) is 58.8 Å². The second kappa shape index (κ2) is 15.5. The summed E-state index contributed by atoms with van der Waals surface area (Å²) in [6, 6.07) is 5.33. The SMILES string of the molecule is C=Cc1cccc(C(C(=O)NC2CCCCC2)N(CCCCCC)C(=O)C(CO)NC(=O)OC(C)(C)C)c1. The van der Waals surface area contributed by atoms with E-state index in [-0.39, 0.29) is 11.9 Å². The summed E-state index contributed by atoms with van der Waals surface area (Å²) in [5.74, 6) is -0.779. The molecule has 1 aromatic rings. The summed E-state index contributed by atoms with van der Waals surface area (Å²) in [7, 11) is 0. The maximum absolute atomic E-state index is 13.9. The molecule has 0 aromatic heterocycles. The van der Waals surface area contributed by atoms with Crippen LogP contribution < -0.4 is 10.6 Å². The van der Waals surface area contributed by atoms with Gasteiger partial charge in [-0.3, -0.25) is 9.59 Å². The highest BCUT2D eigenvalue weighted by Gasteiger charge is 2.36. The molecular formula is C30H47N3O5. The lowest BCUT2D eigenvalue weighted by Crippen LogP contribution is -2.55. The molecule has 38 heavy (non-hydrogen) atoms. The lowest BCUT2D eigenvalue weighted by molar-refractivity contribution is -0.143. The van der Waals surface area contributed by atoms with Crippen molar-refractivity contribution in [2.24, 2.45) is 0 Å². The number of carbonyl (C=O) groups is 3. The number of amides is 3. The van der Waals surface area contributed by atoms with E-state index in [1.165, 1.54) is 4.90 Å². The Balaban J connectivity index is 2.43. The molecule has 212 valence electrons. The Kier molecular flexibility index (Phi) is 12.8. The van der Waals surface area contributed by atoms with Crippen molar-refractivity contribution in [1.29, 1.82) is 0 Å². The van der Waals surface area contributed by atoms with Gasteiger partial charge in [-0.1, -0.05) is 76.3 Å². The second-order valence-electron chi connectivity index (χ2n) is 11.1. The van der Waals surface area contributed by atoms with Crippen LogP contribution in [-0.2, 0) is 14.3 Å². The van der Waals surface area contributed by atoms with Gasteiger partial charge in [-0.15, -0.1) is 0 Å². The maximum atomic E-state index is 13.9. The molecule has 3 N–H and O–H groups in total. The van der Waals surface area contributed by atoms with Gasteiger partial charge in [0.1, 0.15) is 17.7 Å². The highest BCUT2D eigenvalue weighted by atomic mass is 16.6. The van der Waals surface area contributed by atoms with Crippen LogP contribution in [0.25, 0.3) is 6.08 Å². The van der Waals surface area contributed by atoms with E-state index in [0.29, 0.717) is 18.5 Å². The summed E-state index contributed by atoms with van der Waals surface area (Å²) < 4.78 is 5.31. The van der Waals surface area contributed by atoms with Crippen LogP contribution >= 0.6 is 0 Å². The van der Waals surface area contributed by atoms with E-state index in [0.717, 1.165) is 56.9 Å². The van der Waals surface area contributed by atoms with Crippen LogP contribution in [0.5, 0.6) is 0 Å². The number of hydrogen-bond donors (Lipinski definition) is 3. The molecule has 1 saturated carbocycles. The smallest absolute Gasteiger partial charge is 0.408 e. The fraction of sp³-hybridized carbons (Fsp3) is 0.633. The predicted molar refractivity (Wildman–Crippen MR) is 150 cm³/mol. The zero-order valence-electron chi connectivity index (χ0n) is 23.6.